The molecule has 1 aromatic carbocycles. The second-order valence-corrected chi connectivity index (χ2v) is 6.64. The highest BCUT2D eigenvalue weighted by atomic mass is 19.1. The topological polar surface area (TPSA) is 53.8 Å². The average Bonchev–Trinajstić information content (AvgIpc) is 3.25. The van der Waals surface area contributed by atoms with Crippen molar-refractivity contribution in [2.45, 2.75) is 25.9 Å². The maximum Gasteiger partial charge on any atom is 0.228 e. The van der Waals surface area contributed by atoms with E-state index in [2.05, 4.69) is 0 Å². The van der Waals surface area contributed by atoms with Crippen molar-refractivity contribution in [2.24, 2.45) is 5.92 Å². The summed E-state index contributed by atoms with van der Waals surface area (Å²) in [5.74, 6) is -0.0364. The highest BCUT2D eigenvalue weighted by molar-refractivity contribution is 5.89. The van der Waals surface area contributed by atoms with Crippen molar-refractivity contribution < 1.29 is 18.4 Å². The molecule has 3 heterocycles. The predicted molar refractivity (Wildman–Crippen MR) is 87.8 cm³/mol. The zero-order valence-corrected chi connectivity index (χ0v) is 13.8. The Labute approximate surface area is 145 Å². The van der Waals surface area contributed by atoms with Crippen LogP contribution in [0.2, 0.25) is 0 Å². The van der Waals surface area contributed by atoms with Gasteiger partial charge in [-0.25, -0.2) is 4.39 Å². The fourth-order valence-electron chi connectivity index (χ4n) is 3.67. The minimum Gasteiger partial charge on any atom is -0.467 e. The Hall–Kier alpha value is -2.63. The maximum absolute atomic E-state index is 14.0. The van der Waals surface area contributed by atoms with Gasteiger partial charge in [0, 0.05) is 31.6 Å². The van der Waals surface area contributed by atoms with Crippen LogP contribution in [-0.4, -0.2) is 34.7 Å². The average molecular weight is 342 g/mol. The van der Waals surface area contributed by atoms with Crippen LogP contribution < -0.4 is 0 Å². The lowest BCUT2D eigenvalue weighted by Gasteiger charge is -2.31. The lowest BCUT2D eigenvalue weighted by molar-refractivity contribution is -0.136. The number of hydrogen-bond acceptors (Lipinski definition) is 3. The van der Waals surface area contributed by atoms with Crippen molar-refractivity contribution in [1.29, 1.82) is 0 Å². The van der Waals surface area contributed by atoms with E-state index in [1.54, 1.807) is 28.2 Å². The van der Waals surface area contributed by atoms with Crippen LogP contribution >= 0.6 is 0 Å². The first-order valence-corrected chi connectivity index (χ1v) is 8.47. The molecule has 5 nitrogen and oxygen atoms in total. The van der Waals surface area contributed by atoms with Crippen LogP contribution in [-0.2, 0) is 29.1 Å². The Kier molecular flexibility index (Phi) is 4.03. The van der Waals surface area contributed by atoms with Crippen LogP contribution in [0.1, 0.15) is 23.3 Å². The number of carbonyl (C=O) groups excluding carboxylic acids is 2. The Bertz CT molecular complexity index is 803. The van der Waals surface area contributed by atoms with Crippen molar-refractivity contribution in [2.75, 3.05) is 13.1 Å². The van der Waals surface area contributed by atoms with Gasteiger partial charge in [0.05, 0.1) is 18.7 Å². The largest absolute Gasteiger partial charge is 0.467 e. The van der Waals surface area contributed by atoms with Crippen molar-refractivity contribution in [3.8, 4) is 0 Å². The van der Waals surface area contributed by atoms with Crippen LogP contribution in [0.15, 0.2) is 41.0 Å². The van der Waals surface area contributed by atoms with E-state index in [0.717, 1.165) is 5.56 Å². The second kappa shape index (κ2) is 6.35. The van der Waals surface area contributed by atoms with Gasteiger partial charge in [0.2, 0.25) is 11.8 Å². The molecule has 0 bridgehead atoms. The molecule has 1 aromatic heterocycles. The van der Waals surface area contributed by atoms with Gasteiger partial charge in [0.1, 0.15) is 11.6 Å². The molecule has 130 valence electrons. The number of rotatable bonds is 3. The smallest absolute Gasteiger partial charge is 0.228 e. The number of amides is 2. The molecule has 25 heavy (non-hydrogen) atoms. The highest BCUT2D eigenvalue weighted by Gasteiger charge is 2.37. The number of furan rings is 1. The van der Waals surface area contributed by atoms with Crippen molar-refractivity contribution >= 4 is 11.8 Å². The van der Waals surface area contributed by atoms with E-state index in [1.165, 1.54) is 6.07 Å². The van der Waals surface area contributed by atoms with E-state index in [9.17, 15) is 14.0 Å². The summed E-state index contributed by atoms with van der Waals surface area (Å²) < 4.78 is 19.3. The Balaban J connectivity index is 1.43. The van der Waals surface area contributed by atoms with E-state index in [4.69, 9.17) is 4.42 Å². The predicted octanol–water partition coefficient (Wildman–Crippen LogP) is 2.35. The Morgan fingerprint density at radius 3 is 2.96 bits per heavy atom. The van der Waals surface area contributed by atoms with Crippen LogP contribution in [0, 0.1) is 11.7 Å². The van der Waals surface area contributed by atoms with Gasteiger partial charge in [-0.2, -0.15) is 0 Å². The van der Waals surface area contributed by atoms with Crippen LogP contribution in [0.3, 0.4) is 0 Å². The van der Waals surface area contributed by atoms with Gasteiger partial charge in [0.15, 0.2) is 0 Å². The fourth-order valence-corrected chi connectivity index (χ4v) is 3.67. The highest BCUT2D eigenvalue weighted by Crippen LogP contribution is 2.27. The molecule has 2 aromatic rings. The first kappa shape index (κ1) is 15.9. The van der Waals surface area contributed by atoms with E-state index < -0.39 is 0 Å². The number of hydrogen-bond donors (Lipinski definition) is 0. The molecule has 2 aliphatic heterocycles. The van der Waals surface area contributed by atoms with E-state index >= 15 is 0 Å². The molecule has 1 saturated heterocycles. The minimum absolute atomic E-state index is 0.0432. The summed E-state index contributed by atoms with van der Waals surface area (Å²) >= 11 is 0. The molecule has 0 spiro atoms. The first-order chi connectivity index (χ1) is 12.1. The number of nitrogens with zero attached hydrogens (tertiary/aromatic N) is 2. The molecule has 2 aliphatic rings. The molecule has 0 radical (unpaired) electrons. The maximum atomic E-state index is 14.0. The zero-order valence-electron chi connectivity index (χ0n) is 13.8. The second-order valence-electron chi connectivity index (χ2n) is 6.64. The van der Waals surface area contributed by atoms with Gasteiger partial charge < -0.3 is 14.2 Å². The summed E-state index contributed by atoms with van der Waals surface area (Å²) in [6, 6.07) is 8.63. The molecular formula is C19H19FN2O3. The number of halogens is 1. The van der Waals surface area contributed by atoms with Gasteiger partial charge in [-0.3, -0.25) is 9.59 Å². The minimum atomic E-state index is -0.365. The SMILES string of the molecule is O=C1CC(C(=O)N2CCc3cccc(F)c3C2)CN1Cc1ccco1. The van der Waals surface area contributed by atoms with Gasteiger partial charge in [0.25, 0.3) is 0 Å². The summed E-state index contributed by atoms with van der Waals surface area (Å²) in [7, 11) is 0. The van der Waals surface area contributed by atoms with Gasteiger partial charge in [-0.15, -0.1) is 0 Å². The van der Waals surface area contributed by atoms with E-state index in [1.807, 2.05) is 12.1 Å². The summed E-state index contributed by atoms with van der Waals surface area (Å²) in [6.45, 7) is 1.62. The fraction of sp³-hybridized carbons (Fsp3) is 0.368. The number of fused-ring (bicyclic) bond motifs is 1. The van der Waals surface area contributed by atoms with E-state index in [-0.39, 0.29) is 36.5 Å². The Morgan fingerprint density at radius 2 is 2.16 bits per heavy atom. The third-order valence-corrected chi connectivity index (χ3v) is 5.02. The number of carbonyl (C=O) groups is 2. The Morgan fingerprint density at radius 1 is 1.28 bits per heavy atom. The molecule has 0 aliphatic carbocycles. The lowest BCUT2D eigenvalue weighted by atomic mass is 9.97. The van der Waals surface area contributed by atoms with Crippen molar-refractivity contribution in [1.82, 2.24) is 9.80 Å². The van der Waals surface area contributed by atoms with Crippen molar-refractivity contribution in [3.63, 3.8) is 0 Å². The molecule has 1 unspecified atom stereocenters. The monoisotopic (exact) mass is 342 g/mol. The first-order valence-electron chi connectivity index (χ1n) is 8.47. The van der Waals surface area contributed by atoms with Gasteiger partial charge in [-0.1, -0.05) is 12.1 Å². The molecule has 0 N–H and O–H groups in total. The third-order valence-electron chi connectivity index (χ3n) is 5.02. The molecule has 2 amide bonds. The van der Waals surface area contributed by atoms with Crippen LogP contribution in [0.5, 0.6) is 0 Å². The van der Waals surface area contributed by atoms with Crippen LogP contribution in [0.4, 0.5) is 4.39 Å². The summed E-state index contributed by atoms with van der Waals surface area (Å²) in [5.41, 5.74) is 1.56. The summed E-state index contributed by atoms with van der Waals surface area (Å²) in [5, 5.41) is 0. The molecule has 0 saturated carbocycles. The summed E-state index contributed by atoms with van der Waals surface area (Å²) in [6.07, 6.45) is 2.42. The standard InChI is InChI=1S/C19H19FN2O3/c20-17-5-1-3-13-6-7-21(12-16(13)17)19(24)14-9-18(23)22(10-14)11-15-4-2-8-25-15/h1-5,8,14H,6-7,9-12H2. The van der Waals surface area contributed by atoms with Crippen LogP contribution in [0.25, 0.3) is 0 Å². The quantitative estimate of drug-likeness (QED) is 0.860. The summed E-state index contributed by atoms with van der Waals surface area (Å²) in [4.78, 5) is 28.4. The van der Waals surface area contributed by atoms with Gasteiger partial charge >= 0.3 is 0 Å². The molecule has 4 rings (SSSR count). The zero-order chi connectivity index (χ0) is 17.4. The molecule has 1 fully saturated rings. The number of likely N-dealkylation sites (tertiary alicyclic amines) is 1. The van der Waals surface area contributed by atoms with Crippen molar-refractivity contribution in [3.05, 3.63) is 59.3 Å². The third kappa shape index (κ3) is 3.04. The normalized spacial score (nSPS) is 20.0. The molecular weight excluding hydrogens is 323 g/mol. The van der Waals surface area contributed by atoms with Gasteiger partial charge in [-0.05, 0) is 30.2 Å². The molecule has 1 atom stereocenters. The molecule has 6 heteroatoms. The lowest BCUT2D eigenvalue weighted by Crippen LogP contribution is -2.41. The number of benzene rings is 1. The van der Waals surface area contributed by atoms with E-state index in [0.29, 0.717) is 37.4 Å².